The number of carbonyl (C=O) groups is 1. The molecule has 9 nitrogen and oxygen atoms in total. The third kappa shape index (κ3) is 5.05. The number of esters is 1. The van der Waals surface area contributed by atoms with Crippen molar-refractivity contribution in [3.05, 3.63) is 119 Å². The fraction of sp³-hybridized carbons (Fsp3) is 0.233. The van der Waals surface area contributed by atoms with Crippen LogP contribution in [0, 0.1) is 10.1 Å². The molecule has 4 aromatic rings. The molecule has 10 heteroatoms. The number of non-ortho nitro benzene ring substituents is 1. The van der Waals surface area contributed by atoms with E-state index in [-0.39, 0.29) is 17.9 Å². The van der Waals surface area contributed by atoms with E-state index in [9.17, 15) is 19.7 Å². The molecule has 3 heterocycles. The van der Waals surface area contributed by atoms with Gasteiger partial charge in [-0.3, -0.25) is 19.5 Å². The van der Waals surface area contributed by atoms with E-state index in [2.05, 4.69) is 18.8 Å². The summed E-state index contributed by atoms with van der Waals surface area (Å²) < 4.78 is 13.2. The van der Waals surface area contributed by atoms with Crippen LogP contribution in [0.4, 0.5) is 5.69 Å². The fourth-order valence-corrected chi connectivity index (χ4v) is 5.68. The summed E-state index contributed by atoms with van der Waals surface area (Å²) in [6, 6.07) is 16.7. The fourth-order valence-electron chi connectivity index (χ4n) is 4.66. The average Bonchev–Trinajstić information content (AvgIpc) is 3.52. The molecule has 0 N–H and O–H groups in total. The summed E-state index contributed by atoms with van der Waals surface area (Å²) >= 11 is 1.20. The Morgan fingerprint density at radius 1 is 1.20 bits per heavy atom. The van der Waals surface area contributed by atoms with Gasteiger partial charge >= 0.3 is 5.97 Å². The maximum Gasteiger partial charge on any atom is 0.338 e. The number of nitro benzene ring substituents is 1. The maximum atomic E-state index is 13.8. The average molecular weight is 558 g/mol. The summed E-state index contributed by atoms with van der Waals surface area (Å²) in [5.41, 5.74) is 2.93. The molecule has 0 bridgehead atoms. The van der Waals surface area contributed by atoms with Crippen LogP contribution in [0.1, 0.15) is 56.5 Å². The Hall–Kier alpha value is -4.57. The molecule has 0 radical (unpaired) electrons. The number of nitrogens with zero attached hydrogens (tertiary/aromatic N) is 3. The number of fused-ring (bicyclic) bond motifs is 1. The van der Waals surface area contributed by atoms with Gasteiger partial charge in [0, 0.05) is 23.8 Å². The van der Waals surface area contributed by atoms with Gasteiger partial charge in [0.1, 0.15) is 11.5 Å². The molecule has 2 aromatic heterocycles. The SMILES string of the molecule is CCOC(=O)C1=C(C)N=c2s/c(=C\c3ccc(-c4cccc([N+](=O)[O-])c4)o3)c(=O)n2[C@H]1c1ccc(C(C)C)cc1. The highest BCUT2D eigenvalue weighted by Gasteiger charge is 2.33. The van der Waals surface area contributed by atoms with E-state index < -0.39 is 16.9 Å². The predicted octanol–water partition coefficient (Wildman–Crippen LogP) is 5.09. The molecule has 0 fully saturated rings. The van der Waals surface area contributed by atoms with Crippen LogP contribution in [0.2, 0.25) is 0 Å². The van der Waals surface area contributed by atoms with Gasteiger partial charge in [-0.15, -0.1) is 0 Å². The van der Waals surface area contributed by atoms with Gasteiger partial charge in [-0.2, -0.15) is 0 Å². The van der Waals surface area contributed by atoms with Gasteiger partial charge < -0.3 is 9.15 Å². The number of ether oxygens (including phenoxy) is 1. The van der Waals surface area contributed by atoms with Crippen LogP contribution < -0.4 is 14.9 Å². The Balaban J connectivity index is 1.61. The van der Waals surface area contributed by atoms with Crippen molar-refractivity contribution >= 4 is 29.1 Å². The van der Waals surface area contributed by atoms with Crippen LogP contribution in [0.15, 0.2) is 86.1 Å². The number of hydrogen-bond donors (Lipinski definition) is 0. The molecule has 0 aliphatic carbocycles. The number of nitro groups is 1. The topological polar surface area (TPSA) is 117 Å². The zero-order chi connectivity index (χ0) is 28.6. The predicted molar refractivity (Wildman–Crippen MR) is 152 cm³/mol. The lowest BCUT2D eigenvalue weighted by atomic mass is 9.93. The van der Waals surface area contributed by atoms with Crippen LogP contribution in [0.5, 0.6) is 0 Å². The van der Waals surface area contributed by atoms with E-state index in [0.29, 0.717) is 43.6 Å². The third-order valence-corrected chi connectivity index (χ3v) is 7.66. The van der Waals surface area contributed by atoms with E-state index >= 15 is 0 Å². The van der Waals surface area contributed by atoms with Crippen LogP contribution >= 0.6 is 11.3 Å². The van der Waals surface area contributed by atoms with Crippen molar-refractivity contribution < 1.29 is 18.9 Å². The molecule has 1 aliphatic heterocycles. The van der Waals surface area contributed by atoms with E-state index in [1.54, 1.807) is 44.2 Å². The summed E-state index contributed by atoms with van der Waals surface area (Å²) in [5, 5.41) is 11.2. The molecule has 0 spiro atoms. The Bertz CT molecular complexity index is 1830. The smallest absolute Gasteiger partial charge is 0.338 e. The molecular formula is C30H27N3O6S. The molecule has 5 rings (SSSR count). The van der Waals surface area contributed by atoms with E-state index in [1.165, 1.54) is 28.0 Å². The lowest BCUT2D eigenvalue weighted by molar-refractivity contribution is -0.384. The first-order chi connectivity index (χ1) is 19.2. The molecular weight excluding hydrogens is 530 g/mol. The molecule has 1 aliphatic rings. The monoisotopic (exact) mass is 557 g/mol. The minimum atomic E-state index is -0.698. The van der Waals surface area contributed by atoms with Crippen molar-refractivity contribution in [1.29, 1.82) is 0 Å². The van der Waals surface area contributed by atoms with Gasteiger partial charge in [0.2, 0.25) is 0 Å². The molecule has 0 amide bonds. The Labute approximate surface area is 233 Å². The highest BCUT2D eigenvalue weighted by atomic mass is 32.1. The number of benzene rings is 2. The lowest BCUT2D eigenvalue weighted by Crippen LogP contribution is -2.39. The van der Waals surface area contributed by atoms with Gasteiger partial charge in [-0.05, 0) is 43.0 Å². The van der Waals surface area contributed by atoms with E-state index in [4.69, 9.17) is 9.15 Å². The second kappa shape index (κ2) is 10.9. The first kappa shape index (κ1) is 27.0. The van der Waals surface area contributed by atoms with Gasteiger partial charge in [0.15, 0.2) is 4.80 Å². The largest absolute Gasteiger partial charge is 0.463 e. The summed E-state index contributed by atoms with van der Waals surface area (Å²) in [7, 11) is 0. The Kier molecular flexibility index (Phi) is 7.36. The second-order valence-corrected chi connectivity index (χ2v) is 10.6. The number of allylic oxidation sites excluding steroid dienone is 1. The molecule has 40 heavy (non-hydrogen) atoms. The summed E-state index contributed by atoms with van der Waals surface area (Å²) in [4.78, 5) is 42.6. The molecule has 0 unspecified atom stereocenters. The van der Waals surface area contributed by atoms with Crippen LogP contribution in [-0.4, -0.2) is 22.1 Å². The summed E-state index contributed by atoms with van der Waals surface area (Å²) in [6.45, 7) is 7.89. The van der Waals surface area contributed by atoms with Gasteiger partial charge in [0.25, 0.3) is 11.2 Å². The number of carbonyl (C=O) groups excluding carboxylic acids is 1. The van der Waals surface area contributed by atoms with E-state index in [0.717, 1.165) is 11.1 Å². The minimum Gasteiger partial charge on any atom is -0.463 e. The Morgan fingerprint density at radius 3 is 2.62 bits per heavy atom. The second-order valence-electron chi connectivity index (χ2n) is 9.63. The zero-order valence-electron chi connectivity index (χ0n) is 22.4. The van der Waals surface area contributed by atoms with Crippen LogP contribution in [0.3, 0.4) is 0 Å². The van der Waals surface area contributed by atoms with E-state index in [1.807, 2.05) is 24.3 Å². The highest BCUT2D eigenvalue weighted by Crippen LogP contribution is 2.32. The molecule has 204 valence electrons. The highest BCUT2D eigenvalue weighted by molar-refractivity contribution is 7.07. The minimum absolute atomic E-state index is 0.0436. The summed E-state index contributed by atoms with van der Waals surface area (Å²) in [6.07, 6.45) is 1.62. The molecule has 0 saturated heterocycles. The molecule has 2 aromatic carbocycles. The first-order valence-electron chi connectivity index (χ1n) is 12.8. The Morgan fingerprint density at radius 2 is 1.95 bits per heavy atom. The number of rotatable bonds is 7. The first-order valence-corrected chi connectivity index (χ1v) is 13.6. The van der Waals surface area contributed by atoms with Crippen molar-refractivity contribution in [3.63, 3.8) is 0 Å². The zero-order valence-corrected chi connectivity index (χ0v) is 23.2. The number of hydrogen-bond acceptors (Lipinski definition) is 8. The number of aromatic nitrogens is 1. The van der Waals surface area contributed by atoms with Gasteiger partial charge in [-0.1, -0.05) is 61.6 Å². The summed E-state index contributed by atoms with van der Waals surface area (Å²) in [5.74, 6) is 0.666. The standard InChI is InChI=1S/C30H27N3O6S/c1-5-38-29(35)26-18(4)31-30-32(27(26)20-11-9-19(10-12-20)17(2)3)28(34)25(40-30)16-23-13-14-24(39-23)21-7-6-8-22(15-21)33(36)37/h6-17,27H,5H2,1-4H3/b25-16-/t27-/m0/s1. The maximum absolute atomic E-state index is 13.8. The number of furan rings is 1. The lowest BCUT2D eigenvalue weighted by Gasteiger charge is -2.25. The van der Waals surface area contributed by atoms with Crippen LogP contribution in [0.25, 0.3) is 17.4 Å². The van der Waals surface area contributed by atoms with Crippen molar-refractivity contribution in [2.45, 2.75) is 39.7 Å². The van der Waals surface area contributed by atoms with Crippen molar-refractivity contribution in [1.82, 2.24) is 4.57 Å². The van der Waals surface area contributed by atoms with Crippen molar-refractivity contribution in [2.75, 3.05) is 6.61 Å². The van der Waals surface area contributed by atoms with Crippen molar-refractivity contribution in [3.8, 4) is 11.3 Å². The molecule has 0 saturated carbocycles. The van der Waals surface area contributed by atoms with Gasteiger partial charge in [0.05, 0.1) is 33.4 Å². The van der Waals surface area contributed by atoms with Crippen LogP contribution in [-0.2, 0) is 9.53 Å². The number of thiazole rings is 1. The third-order valence-electron chi connectivity index (χ3n) is 6.68. The molecule has 1 atom stereocenters. The van der Waals surface area contributed by atoms with Gasteiger partial charge in [-0.25, -0.2) is 9.79 Å². The van der Waals surface area contributed by atoms with Crippen molar-refractivity contribution in [2.24, 2.45) is 4.99 Å². The normalized spacial score (nSPS) is 15.2. The quantitative estimate of drug-likeness (QED) is 0.178.